The Kier molecular flexibility index (Phi) is 6.35. The van der Waals surface area contributed by atoms with Gasteiger partial charge in [0.05, 0.1) is 16.4 Å². The maximum Gasteiger partial charge on any atom is 0.338 e. The zero-order chi connectivity index (χ0) is 24.7. The first-order valence-electron chi connectivity index (χ1n) is 11.6. The van der Waals surface area contributed by atoms with Crippen LogP contribution in [0.15, 0.2) is 39.2 Å². The number of halogens is 2. The van der Waals surface area contributed by atoms with Crippen LogP contribution in [0.2, 0.25) is 0 Å². The van der Waals surface area contributed by atoms with E-state index in [1.54, 1.807) is 16.9 Å². The molecule has 3 N–H and O–H groups in total. The number of anilines is 1. The van der Waals surface area contributed by atoms with Crippen LogP contribution < -0.4 is 5.73 Å². The average molecular weight is 542 g/mol. The van der Waals surface area contributed by atoms with Gasteiger partial charge in [-0.15, -0.1) is 0 Å². The molecule has 1 saturated carbocycles. The number of fused-ring (bicyclic) bond motifs is 1. The van der Waals surface area contributed by atoms with E-state index in [1.807, 2.05) is 25.3 Å². The standard InChI is InChI=1S/C24H25BrFN7O2/c1-12-16(8-9-29-32-12)18-7-6-15(10-28-18)17-11-30-33-22(27)19(25)21(31-23(17)33)14-4-2-13(3-5-14)20(26)24(34)35/h6-7,9-11,13-14,16,20H,2-5,8,27H2,1H3,(H,34,35). The van der Waals surface area contributed by atoms with Gasteiger partial charge in [-0.2, -0.15) is 19.8 Å². The monoisotopic (exact) mass is 541 g/mol. The van der Waals surface area contributed by atoms with Crippen LogP contribution in [0.5, 0.6) is 0 Å². The summed E-state index contributed by atoms with van der Waals surface area (Å²) < 4.78 is 16.2. The molecule has 1 aliphatic heterocycles. The van der Waals surface area contributed by atoms with E-state index in [9.17, 15) is 9.18 Å². The minimum atomic E-state index is -1.83. The SMILES string of the molecule is CC1=NN=CCC1c1ccc(-c2cnn3c(N)c(Br)c(C4CCC(C(F)C(=O)O)CC4)nc23)cn1. The summed E-state index contributed by atoms with van der Waals surface area (Å²) in [4.78, 5) is 20.6. The first-order chi connectivity index (χ1) is 16.8. The highest BCUT2D eigenvalue weighted by molar-refractivity contribution is 9.10. The number of nitrogen functional groups attached to an aromatic ring is 1. The fourth-order valence-electron chi connectivity index (χ4n) is 5.00. The summed E-state index contributed by atoms with van der Waals surface area (Å²) in [5.74, 6) is -1.26. The minimum absolute atomic E-state index is 0.0485. The van der Waals surface area contributed by atoms with Crippen molar-refractivity contribution < 1.29 is 14.3 Å². The number of carboxylic acid groups (broad SMARTS) is 1. The Labute approximate surface area is 209 Å². The lowest BCUT2D eigenvalue weighted by Gasteiger charge is -2.29. The van der Waals surface area contributed by atoms with Crippen molar-refractivity contribution in [2.24, 2.45) is 16.1 Å². The van der Waals surface area contributed by atoms with Crippen LogP contribution in [0.1, 0.15) is 62.3 Å². The molecule has 0 bridgehead atoms. The maximum atomic E-state index is 14.0. The van der Waals surface area contributed by atoms with E-state index >= 15 is 0 Å². The van der Waals surface area contributed by atoms with Gasteiger partial charge < -0.3 is 10.8 Å². The summed E-state index contributed by atoms with van der Waals surface area (Å²) in [5.41, 5.74) is 11.4. The molecule has 3 aromatic heterocycles. The van der Waals surface area contributed by atoms with Gasteiger partial charge in [-0.3, -0.25) is 4.98 Å². The van der Waals surface area contributed by atoms with Crippen LogP contribution in [0.3, 0.4) is 0 Å². The van der Waals surface area contributed by atoms with Gasteiger partial charge in [0.25, 0.3) is 0 Å². The molecule has 1 fully saturated rings. The number of aromatic nitrogens is 4. The van der Waals surface area contributed by atoms with Crippen molar-refractivity contribution in [2.45, 2.75) is 57.0 Å². The molecular formula is C24H25BrFN7O2. The van der Waals surface area contributed by atoms with Crippen molar-refractivity contribution >= 4 is 45.3 Å². The molecule has 0 aromatic carbocycles. The largest absolute Gasteiger partial charge is 0.479 e. The topological polar surface area (TPSA) is 131 Å². The van der Waals surface area contributed by atoms with Crippen LogP contribution in [-0.2, 0) is 4.79 Å². The Morgan fingerprint density at radius 2 is 2.03 bits per heavy atom. The molecule has 1 aliphatic carbocycles. The zero-order valence-corrected chi connectivity index (χ0v) is 20.7. The van der Waals surface area contributed by atoms with Crippen molar-refractivity contribution in [3.8, 4) is 11.1 Å². The number of alkyl halides is 1. The van der Waals surface area contributed by atoms with Gasteiger partial charge >= 0.3 is 5.97 Å². The van der Waals surface area contributed by atoms with Crippen molar-refractivity contribution in [2.75, 3.05) is 5.73 Å². The van der Waals surface area contributed by atoms with Gasteiger partial charge in [0, 0.05) is 52.7 Å². The molecule has 9 nitrogen and oxygen atoms in total. The summed E-state index contributed by atoms with van der Waals surface area (Å²) in [6, 6.07) is 3.98. The highest BCUT2D eigenvalue weighted by Crippen LogP contribution is 2.42. The predicted octanol–water partition coefficient (Wildman–Crippen LogP) is 4.77. The Bertz CT molecular complexity index is 1330. The van der Waals surface area contributed by atoms with E-state index in [2.05, 4.69) is 36.2 Å². The molecule has 2 aliphatic rings. The zero-order valence-electron chi connectivity index (χ0n) is 19.1. The van der Waals surface area contributed by atoms with Gasteiger partial charge in [0.1, 0.15) is 5.82 Å². The molecule has 5 rings (SSSR count). The molecule has 4 heterocycles. The molecule has 0 amide bonds. The molecule has 0 saturated heterocycles. The van der Waals surface area contributed by atoms with Crippen LogP contribution in [-0.4, -0.2) is 48.8 Å². The summed E-state index contributed by atoms with van der Waals surface area (Å²) in [6.07, 6.45) is 6.54. The van der Waals surface area contributed by atoms with Gasteiger partial charge in [0.15, 0.2) is 11.8 Å². The van der Waals surface area contributed by atoms with Gasteiger partial charge in [-0.05, 0) is 61.0 Å². The number of carboxylic acids is 1. The summed E-state index contributed by atoms with van der Waals surface area (Å²) in [6.45, 7) is 1.96. The Morgan fingerprint density at radius 1 is 1.26 bits per heavy atom. The number of nitrogens with two attached hydrogens (primary N) is 1. The number of nitrogens with zero attached hydrogens (tertiary/aromatic N) is 6. The molecule has 2 atom stereocenters. The van der Waals surface area contributed by atoms with Crippen LogP contribution in [0.4, 0.5) is 10.2 Å². The lowest BCUT2D eigenvalue weighted by molar-refractivity contribution is -0.145. The van der Waals surface area contributed by atoms with Crippen molar-refractivity contribution in [1.82, 2.24) is 19.6 Å². The average Bonchev–Trinajstić information content (AvgIpc) is 3.30. The van der Waals surface area contributed by atoms with E-state index in [0.717, 1.165) is 34.6 Å². The van der Waals surface area contributed by atoms with Crippen molar-refractivity contribution in [3.63, 3.8) is 0 Å². The predicted molar refractivity (Wildman–Crippen MR) is 135 cm³/mol. The molecule has 0 spiro atoms. The van der Waals surface area contributed by atoms with Gasteiger partial charge in [-0.1, -0.05) is 6.07 Å². The number of hydrogen-bond donors (Lipinski definition) is 2. The summed E-state index contributed by atoms with van der Waals surface area (Å²) >= 11 is 3.58. The molecule has 35 heavy (non-hydrogen) atoms. The quantitative estimate of drug-likeness (QED) is 0.478. The van der Waals surface area contributed by atoms with Crippen LogP contribution in [0.25, 0.3) is 16.8 Å². The summed E-state index contributed by atoms with van der Waals surface area (Å²) in [7, 11) is 0. The smallest absolute Gasteiger partial charge is 0.338 e. The second-order valence-corrected chi connectivity index (χ2v) is 9.93. The second-order valence-electron chi connectivity index (χ2n) is 9.14. The molecule has 0 radical (unpaired) electrons. The van der Waals surface area contributed by atoms with Gasteiger partial charge in [0.2, 0.25) is 0 Å². The van der Waals surface area contributed by atoms with E-state index in [1.165, 1.54) is 0 Å². The number of aliphatic carboxylic acids is 1. The lowest BCUT2D eigenvalue weighted by atomic mass is 9.78. The number of carbonyl (C=O) groups is 1. The normalized spacial score (nSPS) is 23.3. The van der Waals surface area contributed by atoms with Crippen LogP contribution >= 0.6 is 15.9 Å². The fourth-order valence-corrected chi connectivity index (χ4v) is 5.58. The maximum absolute atomic E-state index is 14.0. The minimum Gasteiger partial charge on any atom is -0.479 e. The first-order valence-corrected chi connectivity index (χ1v) is 12.4. The molecule has 182 valence electrons. The number of pyridine rings is 1. The van der Waals surface area contributed by atoms with E-state index in [0.29, 0.717) is 41.6 Å². The van der Waals surface area contributed by atoms with E-state index in [-0.39, 0.29) is 11.8 Å². The van der Waals surface area contributed by atoms with Crippen molar-refractivity contribution in [3.05, 3.63) is 40.4 Å². The third kappa shape index (κ3) is 4.33. The molecule has 3 aromatic rings. The lowest BCUT2D eigenvalue weighted by Crippen LogP contribution is -2.28. The fraction of sp³-hybridized carbons (Fsp3) is 0.417. The van der Waals surface area contributed by atoms with Crippen LogP contribution in [0, 0.1) is 5.92 Å². The second kappa shape index (κ2) is 9.44. The highest BCUT2D eigenvalue weighted by Gasteiger charge is 2.34. The molecule has 2 unspecified atom stereocenters. The number of rotatable bonds is 5. The molecular weight excluding hydrogens is 517 g/mol. The highest BCUT2D eigenvalue weighted by atomic mass is 79.9. The van der Waals surface area contributed by atoms with Crippen molar-refractivity contribution in [1.29, 1.82) is 0 Å². The third-order valence-corrected chi connectivity index (χ3v) is 7.87. The number of hydrogen-bond acceptors (Lipinski definition) is 7. The Hall–Kier alpha value is -3.21. The molecule has 11 heteroatoms. The third-order valence-electron chi connectivity index (χ3n) is 7.05. The van der Waals surface area contributed by atoms with E-state index in [4.69, 9.17) is 15.8 Å². The Morgan fingerprint density at radius 3 is 2.69 bits per heavy atom. The Balaban J connectivity index is 1.44. The first kappa shape index (κ1) is 23.5. The summed E-state index contributed by atoms with van der Waals surface area (Å²) in [5, 5.41) is 21.6. The van der Waals surface area contributed by atoms with E-state index < -0.39 is 18.1 Å². The van der Waals surface area contributed by atoms with Gasteiger partial charge in [-0.25, -0.2) is 14.2 Å².